The highest BCUT2D eigenvalue weighted by Crippen LogP contribution is 2.44. The summed E-state index contributed by atoms with van der Waals surface area (Å²) in [5.41, 5.74) is 0. The molecule has 0 amide bonds. The van der Waals surface area contributed by atoms with Gasteiger partial charge in [-0.2, -0.15) is 0 Å². The third-order valence-electron chi connectivity index (χ3n) is 2.38. The minimum Gasteiger partial charge on any atom is -0.481 e. The summed E-state index contributed by atoms with van der Waals surface area (Å²) >= 11 is 1.28. The van der Waals surface area contributed by atoms with Gasteiger partial charge in [0, 0.05) is 18.4 Å². The molecule has 2 rings (SSSR count). The van der Waals surface area contributed by atoms with Crippen molar-refractivity contribution < 1.29 is 9.90 Å². The number of hydrogen-bond donors (Lipinski definition) is 1. The van der Waals surface area contributed by atoms with Crippen LogP contribution >= 0.6 is 11.8 Å². The second-order valence-electron chi connectivity index (χ2n) is 3.58. The van der Waals surface area contributed by atoms with Crippen molar-refractivity contribution in [1.82, 2.24) is 9.55 Å². The summed E-state index contributed by atoms with van der Waals surface area (Å²) in [6.07, 6.45) is 4.84. The molecule has 0 bridgehead atoms. The Morgan fingerprint density at radius 2 is 2.57 bits per heavy atom. The van der Waals surface area contributed by atoms with E-state index >= 15 is 0 Å². The van der Waals surface area contributed by atoms with Crippen molar-refractivity contribution in [3.63, 3.8) is 0 Å². The molecule has 1 aliphatic carbocycles. The van der Waals surface area contributed by atoms with Crippen molar-refractivity contribution in [3.8, 4) is 0 Å². The lowest BCUT2D eigenvalue weighted by Gasteiger charge is -2.04. The summed E-state index contributed by atoms with van der Waals surface area (Å²) in [5, 5.41) is 9.37. The maximum atomic E-state index is 10.4. The van der Waals surface area contributed by atoms with Crippen LogP contribution in [0.15, 0.2) is 17.6 Å². The first-order valence-electron chi connectivity index (χ1n) is 4.56. The van der Waals surface area contributed by atoms with Crippen molar-refractivity contribution in [2.24, 2.45) is 5.92 Å². The molecule has 1 fully saturated rings. The highest BCUT2D eigenvalue weighted by molar-refractivity contribution is 7.99. The highest BCUT2D eigenvalue weighted by atomic mass is 32.2. The van der Waals surface area contributed by atoms with E-state index in [0.29, 0.717) is 12.0 Å². The molecular formula is C9H12N2O2S. The quantitative estimate of drug-likeness (QED) is 0.771. The first-order chi connectivity index (χ1) is 6.68. The zero-order valence-electron chi connectivity index (χ0n) is 7.88. The number of nitrogens with zero attached hydrogens (tertiary/aromatic N) is 2. The SMILES string of the molecule is CC1CC1n1ccnc1SCC(=O)O. The highest BCUT2D eigenvalue weighted by Gasteiger charge is 2.35. The van der Waals surface area contributed by atoms with Crippen LogP contribution in [0.3, 0.4) is 0 Å². The fourth-order valence-corrected chi connectivity index (χ4v) is 2.21. The van der Waals surface area contributed by atoms with Gasteiger partial charge in [-0.1, -0.05) is 18.7 Å². The first kappa shape index (κ1) is 9.58. The standard InChI is InChI=1S/C9H12N2O2S/c1-6-4-7(6)11-3-2-10-9(11)14-5-8(12)13/h2-3,6-7H,4-5H2,1H3,(H,12,13). The van der Waals surface area contributed by atoms with Crippen LogP contribution < -0.4 is 0 Å². The van der Waals surface area contributed by atoms with Crippen molar-refractivity contribution in [2.75, 3.05) is 5.75 Å². The fourth-order valence-electron chi connectivity index (χ4n) is 1.48. The van der Waals surface area contributed by atoms with Crippen LogP contribution in [0, 0.1) is 5.92 Å². The fraction of sp³-hybridized carbons (Fsp3) is 0.556. The van der Waals surface area contributed by atoms with Gasteiger partial charge in [0.15, 0.2) is 5.16 Å². The van der Waals surface area contributed by atoms with Gasteiger partial charge >= 0.3 is 5.97 Å². The Labute approximate surface area is 86.3 Å². The molecule has 0 radical (unpaired) electrons. The molecule has 1 N–H and O–H groups in total. The Morgan fingerprint density at radius 3 is 3.14 bits per heavy atom. The first-order valence-corrected chi connectivity index (χ1v) is 5.54. The molecule has 14 heavy (non-hydrogen) atoms. The second kappa shape index (κ2) is 3.65. The van der Waals surface area contributed by atoms with Gasteiger partial charge in [0.05, 0.1) is 5.75 Å². The molecule has 0 aromatic carbocycles. The summed E-state index contributed by atoms with van der Waals surface area (Å²) in [4.78, 5) is 14.5. The molecule has 0 spiro atoms. The van der Waals surface area contributed by atoms with Gasteiger partial charge < -0.3 is 9.67 Å². The minimum atomic E-state index is -0.798. The molecule has 0 aliphatic heterocycles. The van der Waals surface area contributed by atoms with Gasteiger partial charge in [-0.05, 0) is 12.3 Å². The molecule has 1 aromatic heterocycles. The predicted octanol–water partition coefficient (Wildman–Crippen LogP) is 1.64. The third kappa shape index (κ3) is 1.92. The van der Waals surface area contributed by atoms with Crippen LogP contribution in [-0.2, 0) is 4.79 Å². The molecule has 4 nitrogen and oxygen atoms in total. The van der Waals surface area contributed by atoms with Gasteiger partial charge in [0.1, 0.15) is 0 Å². The maximum Gasteiger partial charge on any atom is 0.313 e. The molecule has 1 heterocycles. The normalized spacial score (nSPS) is 24.9. The van der Waals surface area contributed by atoms with Gasteiger partial charge in [0.2, 0.25) is 0 Å². The number of carboxylic acid groups (broad SMARTS) is 1. The lowest BCUT2D eigenvalue weighted by atomic mass is 10.5. The molecule has 5 heteroatoms. The number of imidazole rings is 1. The number of carbonyl (C=O) groups is 1. The topological polar surface area (TPSA) is 55.1 Å². The molecule has 1 aromatic rings. The predicted molar refractivity (Wildman–Crippen MR) is 53.4 cm³/mol. The smallest absolute Gasteiger partial charge is 0.313 e. The van der Waals surface area contributed by atoms with Crippen LogP contribution in [0.25, 0.3) is 0 Å². The summed E-state index contributed by atoms with van der Waals surface area (Å²) in [6, 6.07) is 0.536. The van der Waals surface area contributed by atoms with Crippen LogP contribution in [-0.4, -0.2) is 26.4 Å². The number of aromatic nitrogens is 2. The summed E-state index contributed by atoms with van der Waals surface area (Å²) in [5.74, 6) is -0.0141. The van der Waals surface area contributed by atoms with Gasteiger partial charge in [0.25, 0.3) is 0 Å². The van der Waals surface area contributed by atoms with E-state index in [9.17, 15) is 4.79 Å². The number of carboxylic acids is 1. The van der Waals surface area contributed by atoms with E-state index in [1.807, 2.05) is 6.20 Å². The largest absolute Gasteiger partial charge is 0.481 e. The van der Waals surface area contributed by atoms with Crippen LogP contribution in [0.4, 0.5) is 0 Å². The minimum absolute atomic E-state index is 0.0815. The van der Waals surface area contributed by atoms with E-state index < -0.39 is 5.97 Å². The van der Waals surface area contributed by atoms with Crippen LogP contribution in [0.5, 0.6) is 0 Å². The van der Waals surface area contributed by atoms with E-state index in [1.165, 1.54) is 18.2 Å². The Hall–Kier alpha value is -0.970. The summed E-state index contributed by atoms with van der Waals surface area (Å²) < 4.78 is 2.08. The second-order valence-corrected chi connectivity index (χ2v) is 4.52. The molecule has 2 unspecified atom stereocenters. The van der Waals surface area contributed by atoms with E-state index in [2.05, 4.69) is 16.5 Å². The molecule has 76 valence electrons. The van der Waals surface area contributed by atoms with Crippen LogP contribution in [0.2, 0.25) is 0 Å². The lowest BCUT2D eigenvalue weighted by molar-refractivity contribution is -0.133. The van der Waals surface area contributed by atoms with Crippen molar-refractivity contribution in [2.45, 2.75) is 24.5 Å². The molecular weight excluding hydrogens is 200 g/mol. The monoisotopic (exact) mass is 212 g/mol. The number of rotatable bonds is 4. The summed E-state index contributed by atoms with van der Waals surface area (Å²) in [6.45, 7) is 2.19. The maximum absolute atomic E-state index is 10.4. The number of aliphatic carboxylic acids is 1. The van der Waals surface area contributed by atoms with E-state index in [-0.39, 0.29) is 5.75 Å². The Morgan fingerprint density at radius 1 is 1.86 bits per heavy atom. The molecule has 0 saturated heterocycles. The molecule has 2 atom stereocenters. The Bertz CT molecular complexity index is 350. The average Bonchev–Trinajstić information content (AvgIpc) is 2.68. The Kier molecular flexibility index (Phi) is 2.50. The average molecular weight is 212 g/mol. The van der Waals surface area contributed by atoms with Crippen molar-refractivity contribution in [1.29, 1.82) is 0 Å². The molecule has 1 saturated carbocycles. The third-order valence-corrected chi connectivity index (χ3v) is 3.35. The van der Waals surface area contributed by atoms with Gasteiger partial charge in [-0.15, -0.1) is 0 Å². The molecule has 1 aliphatic rings. The lowest BCUT2D eigenvalue weighted by Crippen LogP contribution is -2.01. The van der Waals surface area contributed by atoms with E-state index in [4.69, 9.17) is 5.11 Å². The van der Waals surface area contributed by atoms with Crippen LogP contribution in [0.1, 0.15) is 19.4 Å². The van der Waals surface area contributed by atoms with Gasteiger partial charge in [-0.3, -0.25) is 4.79 Å². The van der Waals surface area contributed by atoms with E-state index in [1.54, 1.807) is 6.20 Å². The number of hydrogen-bond acceptors (Lipinski definition) is 3. The van der Waals surface area contributed by atoms with Crippen molar-refractivity contribution in [3.05, 3.63) is 12.4 Å². The zero-order valence-corrected chi connectivity index (χ0v) is 8.70. The summed E-state index contributed by atoms with van der Waals surface area (Å²) in [7, 11) is 0. The van der Waals surface area contributed by atoms with Gasteiger partial charge in [-0.25, -0.2) is 4.98 Å². The Balaban J connectivity index is 2.02. The van der Waals surface area contributed by atoms with Crippen molar-refractivity contribution >= 4 is 17.7 Å². The zero-order chi connectivity index (χ0) is 10.1. The number of thioether (sulfide) groups is 1. The van der Waals surface area contributed by atoms with E-state index in [0.717, 1.165) is 5.16 Å².